The van der Waals surface area contributed by atoms with Crippen molar-refractivity contribution in [2.75, 3.05) is 30.4 Å². The Balaban J connectivity index is 1.59. The Labute approximate surface area is 123 Å². The van der Waals surface area contributed by atoms with E-state index in [0.29, 0.717) is 31.1 Å². The summed E-state index contributed by atoms with van der Waals surface area (Å²) >= 11 is 0. The second kappa shape index (κ2) is 6.24. The fraction of sp³-hybridized carbons (Fsp3) is 0.467. The maximum Gasteiger partial charge on any atom is 0.243 e. The zero-order valence-electron chi connectivity index (χ0n) is 11.7. The van der Waals surface area contributed by atoms with Crippen LogP contribution in [0.2, 0.25) is 0 Å². The summed E-state index contributed by atoms with van der Waals surface area (Å²) in [5.41, 5.74) is 1.37. The van der Waals surface area contributed by atoms with Gasteiger partial charge >= 0.3 is 0 Å². The molecule has 3 N–H and O–H groups in total. The molecule has 2 aliphatic rings. The summed E-state index contributed by atoms with van der Waals surface area (Å²) < 4.78 is 5.27. The highest BCUT2D eigenvalue weighted by atomic mass is 16.5. The van der Waals surface area contributed by atoms with Gasteiger partial charge in [-0.15, -0.1) is 0 Å². The number of benzene rings is 1. The summed E-state index contributed by atoms with van der Waals surface area (Å²) in [6.07, 6.45) is 1.94. The summed E-state index contributed by atoms with van der Waals surface area (Å²) in [6, 6.07) is 6.86. The molecule has 0 bridgehead atoms. The third-order valence-electron chi connectivity index (χ3n) is 3.58. The molecule has 1 saturated carbocycles. The van der Waals surface area contributed by atoms with Gasteiger partial charge in [0.25, 0.3) is 0 Å². The van der Waals surface area contributed by atoms with Gasteiger partial charge in [-0.3, -0.25) is 9.59 Å². The van der Waals surface area contributed by atoms with Crippen molar-refractivity contribution >= 4 is 23.2 Å². The lowest BCUT2D eigenvalue weighted by atomic mass is 10.2. The molecule has 1 heterocycles. The van der Waals surface area contributed by atoms with Gasteiger partial charge in [0.2, 0.25) is 11.8 Å². The van der Waals surface area contributed by atoms with Gasteiger partial charge in [-0.05, 0) is 31.0 Å². The Morgan fingerprint density at radius 2 is 1.86 bits per heavy atom. The molecule has 3 rings (SSSR count). The molecule has 1 unspecified atom stereocenters. The van der Waals surface area contributed by atoms with Crippen LogP contribution in [0.5, 0.6) is 0 Å². The normalized spacial score (nSPS) is 21.6. The molecule has 0 spiro atoms. The van der Waals surface area contributed by atoms with Crippen LogP contribution in [0.25, 0.3) is 0 Å². The Morgan fingerprint density at radius 1 is 1.14 bits per heavy atom. The minimum Gasteiger partial charge on any atom is -0.378 e. The molecule has 6 nitrogen and oxygen atoms in total. The fourth-order valence-corrected chi connectivity index (χ4v) is 2.23. The number of nitrogens with one attached hydrogen (secondary N) is 3. The molecule has 1 aromatic carbocycles. The predicted molar refractivity (Wildman–Crippen MR) is 79.0 cm³/mol. The first-order chi connectivity index (χ1) is 10.2. The second-order valence-corrected chi connectivity index (χ2v) is 5.42. The molecule has 2 fully saturated rings. The van der Waals surface area contributed by atoms with E-state index in [1.807, 2.05) is 12.1 Å². The zero-order chi connectivity index (χ0) is 14.7. The van der Waals surface area contributed by atoms with Crippen molar-refractivity contribution in [3.63, 3.8) is 0 Å². The Morgan fingerprint density at radius 3 is 2.48 bits per heavy atom. The van der Waals surface area contributed by atoms with Crippen LogP contribution in [0, 0.1) is 5.92 Å². The topological polar surface area (TPSA) is 79.5 Å². The molecule has 6 heteroatoms. The molecule has 1 atom stereocenters. The second-order valence-electron chi connectivity index (χ2n) is 5.42. The first kappa shape index (κ1) is 14.0. The van der Waals surface area contributed by atoms with E-state index in [2.05, 4.69) is 16.0 Å². The van der Waals surface area contributed by atoms with Crippen molar-refractivity contribution in [2.24, 2.45) is 5.92 Å². The highest BCUT2D eigenvalue weighted by Crippen LogP contribution is 2.30. The van der Waals surface area contributed by atoms with Crippen LogP contribution in [-0.4, -0.2) is 37.6 Å². The minimum atomic E-state index is -0.330. The van der Waals surface area contributed by atoms with E-state index >= 15 is 0 Å². The average Bonchev–Trinajstić information content (AvgIpc) is 3.33. The molecule has 112 valence electrons. The summed E-state index contributed by atoms with van der Waals surface area (Å²) in [7, 11) is 0. The molecule has 21 heavy (non-hydrogen) atoms. The van der Waals surface area contributed by atoms with E-state index in [9.17, 15) is 9.59 Å². The van der Waals surface area contributed by atoms with Crippen LogP contribution in [0.3, 0.4) is 0 Å². The lowest BCUT2D eigenvalue weighted by Gasteiger charge is -2.23. The lowest BCUT2D eigenvalue weighted by molar-refractivity contribution is -0.120. The first-order valence-corrected chi connectivity index (χ1v) is 7.25. The number of ether oxygens (including phenoxy) is 1. The molecule has 0 aromatic heterocycles. The molecular weight excluding hydrogens is 270 g/mol. The number of morpholine rings is 1. The van der Waals surface area contributed by atoms with E-state index in [1.165, 1.54) is 0 Å². The Kier molecular flexibility index (Phi) is 4.17. The smallest absolute Gasteiger partial charge is 0.243 e. The monoisotopic (exact) mass is 289 g/mol. The van der Waals surface area contributed by atoms with Crippen molar-refractivity contribution in [3.8, 4) is 0 Å². The lowest BCUT2D eigenvalue weighted by Crippen LogP contribution is -2.48. The van der Waals surface area contributed by atoms with Crippen molar-refractivity contribution in [1.82, 2.24) is 5.32 Å². The number of hydrogen-bond donors (Lipinski definition) is 3. The van der Waals surface area contributed by atoms with Crippen molar-refractivity contribution < 1.29 is 14.3 Å². The van der Waals surface area contributed by atoms with Gasteiger partial charge in [-0.2, -0.15) is 0 Å². The third-order valence-corrected chi connectivity index (χ3v) is 3.58. The van der Waals surface area contributed by atoms with Crippen LogP contribution < -0.4 is 16.0 Å². The number of hydrogen-bond acceptors (Lipinski definition) is 4. The molecular formula is C15H19N3O3. The zero-order valence-corrected chi connectivity index (χ0v) is 11.7. The summed E-state index contributed by atoms with van der Waals surface area (Å²) in [5.74, 6) is 0.0908. The molecule has 0 radical (unpaired) electrons. The van der Waals surface area contributed by atoms with Gasteiger partial charge in [0.15, 0.2) is 0 Å². The van der Waals surface area contributed by atoms with Gasteiger partial charge in [0.1, 0.15) is 6.04 Å². The van der Waals surface area contributed by atoms with Crippen LogP contribution >= 0.6 is 0 Å². The van der Waals surface area contributed by atoms with Gasteiger partial charge in [-0.25, -0.2) is 0 Å². The third kappa shape index (κ3) is 3.80. The number of amides is 2. The predicted octanol–water partition coefficient (Wildman–Crippen LogP) is 0.962. The maximum atomic E-state index is 12.1. The summed E-state index contributed by atoms with van der Waals surface area (Å²) in [6.45, 7) is 1.69. The number of rotatable bonds is 4. The SMILES string of the molecule is O=C(Nc1cccc(NC(=O)C2COCCN2)c1)C1CC1. The molecule has 1 aliphatic heterocycles. The van der Waals surface area contributed by atoms with E-state index in [4.69, 9.17) is 4.74 Å². The van der Waals surface area contributed by atoms with E-state index in [0.717, 1.165) is 12.8 Å². The van der Waals surface area contributed by atoms with E-state index < -0.39 is 0 Å². The van der Waals surface area contributed by atoms with Crippen molar-refractivity contribution in [3.05, 3.63) is 24.3 Å². The van der Waals surface area contributed by atoms with E-state index in [1.54, 1.807) is 12.1 Å². The van der Waals surface area contributed by atoms with Gasteiger partial charge in [0, 0.05) is 23.8 Å². The summed E-state index contributed by atoms with van der Waals surface area (Å²) in [5, 5.41) is 8.81. The minimum absolute atomic E-state index is 0.0563. The number of anilines is 2. The molecule has 2 amide bonds. The Bertz CT molecular complexity index is 537. The first-order valence-electron chi connectivity index (χ1n) is 7.25. The van der Waals surface area contributed by atoms with Crippen LogP contribution in [-0.2, 0) is 14.3 Å². The quantitative estimate of drug-likeness (QED) is 0.771. The van der Waals surface area contributed by atoms with Gasteiger partial charge < -0.3 is 20.7 Å². The van der Waals surface area contributed by atoms with Crippen LogP contribution in [0.4, 0.5) is 11.4 Å². The van der Waals surface area contributed by atoms with Gasteiger partial charge in [-0.1, -0.05) is 6.07 Å². The summed E-state index contributed by atoms with van der Waals surface area (Å²) in [4.78, 5) is 23.8. The van der Waals surface area contributed by atoms with Crippen molar-refractivity contribution in [1.29, 1.82) is 0 Å². The van der Waals surface area contributed by atoms with Crippen LogP contribution in [0.15, 0.2) is 24.3 Å². The fourth-order valence-electron chi connectivity index (χ4n) is 2.23. The largest absolute Gasteiger partial charge is 0.378 e. The Hall–Kier alpha value is -1.92. The number of carbonyl (C=O) groups is 2. The molecule has 1 saturated heterocycles. The average molecular weight is 289 g/mol. The molecule has 1 aliphatic carbocycles. The number of carbonyl (C=O) groups excluding carboxylic acids is 2. The molecule has 1 aromatic rings. The van der Waals surface area contributed by atoms with Crippen molar-refractivity contribution in [2.45, 2.75) is 18.9 Å². The highest BCUT2D eigenvalue weighted by Gasteiger charge is 2.29. The van der Waals surface area contributed by atoms with Crippen LogP contribution in [0.1, 0.15) is 12.8 Å². The van der Waals surface area contributed by atoms with Gasteiger partial charge in [0.05, 0.1) is 13.2 Å². The maximum absolute atomic E-state index is 12.1. The highest BCUT2D eigenvalue weighted by molar-refractivity contribution is 5.97. The van der Waals surface area contributed by atoms with E-state index in [-0.39, 0.29) is 23.8 Å². The standard InChI is InChI=1S/C15H19N3O3/c19-14(10-4-5-10)17-11-2-1-3-12(8-11)18-15(20)13-9-21-7-6-16-13/h1-3,8,10,13,16H,4-7,9H2,(H,17,19)(H,18,20).